The predicted octanol–water partition coefficient (Wildman–Crippen LogP) is 1.63. The van der Waals surface area contributed by atoms with E-state index in [1.165, 1.54) is 13.4 Å². The van der Waals surface area contributed by atoms with Gasteiger partial charge in [-0.2, -0.15) is 13.5 Å². The molecule has 33 heavy (non-hydrogen) atoms. The van der Waals surface area contributed by atoms with Gasteiger partial charge in [0, 0.05) is 24.0 Å². The van der Waals surface area contributed by atoms with Gasteiger partial charge in [0.15, 0.2) is 5.82 Å². The number of amides is 2. The van der Waals surface area contributed by atoms with Crippen molar-refractivity contribution in [2.75, 3.05) is 25.2 Å². The Bertz CT molecular complexity index is 1260. The molecule has 0 unspecified atom stereocenters. The molecular formula is C20H26N6O6S. The van der Waals surface area contributed by atoms with Gasteiger partial charge in [-0.3, -0.25) is 19.0 Å². The number of aryl methyl sites for hydroxylation is 2. The van der Waals surface area contributed by atoms with Gasteiger partial charge >= 0.3 is 0 Å². The van der Waals surface area contributed by atoms with Crippen LogP contribution in [0.3, 0.4) is 0 Å². The minimum atomic E-state index is -3.67. The molecule has 2 heterocycles. The molecule has 2 aromatic heterocycles. The molecule has 13 heteroatoms. The van der Waals surface area contributed by atoms with Crippen molar-refractivity contribution >= 4 is 39.0 Å². The van der Waals surface area contributed by atoms with Crippen LogP contribution in [0.5, 0.6) is 0 Å². The molecule has 0 radical (unpaired) electrons. The third-order valence-corrected chi connectivity index (χ3v) is 4.36. The maximum atomic E-state index is 12.3. The van der Waals surface area contributed by atoms with Crippen molar-refractivity contribution in [1.29, 1.82) is 0 Å². The maximum Gasteiger partial charge on any atom is 0.274 e. The smallest absolute Gasteiger partial charge is 0.274 e. The molecule has 0 fully saturated rings. The summed E-state index contributed by atoms with van der Waals surface area (Å²) in [6.45, 7) is 6.18. The van der Waals surface area contributed by atoms with Crippen LogP contribution >= 0.6 is 0 Å². The van der Waals surface area contributed by atoms with Gasteiger partial charge < -0.3 is 10.6 Å². The maximum absolute atomic E-state index is 12.3. The van der Waals surface area contributed by atoms with Crippen LogP contribution in [0, 0.1) is 13.8 Å². The Kier molecular flexibility index (Phi) is 8.45. The molecule has 0 aliphatic rings. The van der Waals surface area contributed by atoms with Crippen LogP contribution in [0.1, 0.15) is 38.8 Å². The van der Waals surface area contributed by atoms with Gasteiger partial charge in [-0.1, -0.05) is 6.07 Å². The van der Waals surface area contributed by atoms with Crippen molar-refractivity contribution < 1.29 is 27.4 Å². The number of hydroxylamine groups is 1. The van der Waals surface area contributed by atoms with Crippen molar-refractivity contribution in [3.63, 3.8) is 0 Å². The fourth-order valence-electron chi connectivity index (χ4n) is 2.91. The van der Waals surface area contributed by atoms with Crippen molar-refractivity contribution in [3.8, 4) is 0 Å². The average molecular weight is 479 g/mol. The lowest BCUT2D eigenvalue weighted by molar-refractivity contribution is 0.0537. The normalized spacial score (nSPS) is 10.8. The van der Waals surface area contributed by atoms with Gasteiger partial charge in [-0.05, 0) is 44.0 Å². The second-order valence-electron chi connectivity index (χ2n) is 6.95. The summed E-state index contributed by atoms with van der Waals surface area (Å²) in [6.07, 6.45) is 3.80. The van der Waals surface area contributed by atoms with Gasteiger partial charge in [0.2, 0.25) is 0 Å². The lowest BCUT2D eigenvalue weighted by Gasteiger charge is -2.12. The van der Waals surface area contributed by atoms with Gasteiger partial charge in [0.05, 0.1) is 18.9 Å². The van der Waals surface area contributed by atoms with E-state index in [1.807, 2.05) is 26.8 Å². The van der Waals surface area contributed by atoms with E-state index in [1.54, 1.807) is 22.8 Å². The van der Waals surface area contributed by atoms with Gasteiger partial charge in [0.25, 0.3) is 21.9 Å². The second-order valence-corrected chi connectivity index (χ2v) is 8.42. The summed E-state index contributed by atoms with van der Waals surface area (Å²) in [6, 6.07) is 5.25. The molecule has 3 aromatic rings. The van der Waals surface area contributed by atoms with E-state index in [2.05, 4.69) is 31.0 Å². The highest BCUT2D eigenvalue weighted by molar-refractivity contribution is 7.85. The lowest BCUT2D eigenvalue weighted by Crippen LogP contribution is -2.22. The van der Waals surface area contributed by atoms with E-state index < -0.39 is 10.1 Å². The Morgan fingerprint density at radius 2 is 1.88 bits per heavy atom. The Morgan fingerprint density at radius 1 is 1.21 bits per heavy atom. The van der Waals surface area contributed by atoms with Crippen LogP contribution in [0.2, 0.25) is 0 Å². The van der Waals surface area contributed by atoms with Crippen molar-refractivity contribution in [1.82, 2.24) is 25.4 Å². The van der Waals surface area contributed by atoms with Crippen molar-refractivity contribution in [2.45, 2.75) is 20.8 Å². The Hall–Kier alpha value is -3.55. The molecule has 3 rings (SSSR count). The van der Waals surface area contributed by atoms with E-state index in [0.717, 1.165) is 11.1 Å². The van der Waals surface area contributed by atoms with Gasteiger partial charge in [0.1, 0.15) is 11.8 Å². The summed E-state index contributed by atoms with van der Waals surface area (Å²) >= 11 is 0. The molecule has 0 spiro atoms. The van der Waals surface area contributed by atoms with E-state index in [-0.39, 0.29) is 11.8 Å². The first-order valence-corrected chi connectivity index (χ1v) is 11.6. The third kappa shape index (κ3) is 6.97. The standard InChI is InChI=1S/C19H22N6O3.CH4O3S/c1-5-20-19(27)14-9-25-16(12(14)3)17(21-10-22-25)23-15-8-13(7-6-11(15)2)18(26)24-28-4;1-5(2,3)4/h6-10H,5H2,1-4H3,(H,20,27)(H,24,26)(H,21,22,23);1H3,(H,2,3,4). The highest BCUT2D eigenvalue weighted by Gasteiger charge is 2.18. The zero-order valence-electron chi connectivity index (χ0n) is 18.8. The highest BCUT2D eigenvalue weighted by atomic mass is 32.2. The Morgan fingerprint density at radius 3 is 2.48 bits per heavy atom. The van der Waals surface area contributed by atoms with Gasteiger partial charge in [-0.15, -0.1) is 0 Å². The summed E-state index contributed by atoms with van der Waals surface area (Å²) < 4.78 is 27.5. The van der Waals surface area contributed by atoms with E-state index in [4.69, 9.17) is 4.55 Å². The number of anilines is 2. The first kappa shape index (κ1) is 25.7. The first-order valence-electron chi connectivity index (χ1n) is 9.70. The number of hydrogen-bond donors (Lipinski definition) is 4. The molecule has 178 valence electrons. The molecule has 0 saturated heterocycles. The van der Waals surface area contributed by atoms with E-state index >= 15 is 0 Å². The molecule has 1 aromatic carbocycles. The van der Waals surface area contributed by atoms with Crippen LogP contribution < -0.4 is 16.1 Å². The molecule has 0 saturated carbocycles. The number of rotatable bonds is 6. The summed E-state index contributed by atoms with van der Waals surface area (Å²) in [4.78, 5) is 33.3. The average Bonchev–Trinajstić information content (AvgIpc) is 3.06. The summed E-state index contributed by atoms with van der Waals surface area (Å²) in [5.74, 6) is 0.0251. The second kappa shape index (κ2) is 10.8. The Balaban J connectivity index is 0.000000696. The monoisotopic (exact) mass is 478 g/mol. The minimum absolute atomic E-state index is 0.161. The number of fused-ring (bicyclic) bond motifs is 1. The van der Waals surface area contributed by atoms with E-state index in [9.17, 15) is 18.0 Å². The van der Waals surface area contributed by atoms with Crippen LogP contribution in [-0.2, 0) is 15.0 Å². The molecule has 0 aliphatic carbocycles. The van der Waals surface area contributed by atoms with Gasteiger partial charge in [-0.25, -0.2) is 15.0 Å². The fraction of sp³-hybridized carbons (Fsp3) is 0.300. The largest absolute Gasteiger partial charge is 0.352 e. The third-order valence-electron chi connectivity index (χ3n) is 4.36. The van der Waals surface area contributed by atoms with E-state index in [0.29, 0.717) is 40.9 Å². The number of nitrogens with zero attached hydrogens (tertiary/aromatic N) is 3. The number of aromatic nitrogens is 3. The van der Waals surface area contributed by atoms with Crippen LogP contribution in [0.4, 0.5) is 11.5 Å². The topological polar surface area (TPSA) is 164 Å². The van der Waals surface area contributed by atoms with Crippen LogP contribution in [0.15, 0.2) is 30.7 Å². The SMILES string of the molecule is CCNC(=O)c1cn2ncnc(Nc3cc(C(=O)NOC)ccc3C)c2c1C.CS(=O)(=O)O. The lowest BCUT2D eigenvalue weighted by atomic mass is 10.1. The number of carbonyl (C=O) groups excluding carboxylic acids is 2. The minimum Gasteiger partial charge on any atom is -0.352 e. The summed E-state index contributed by atoms with van der Waals surface area (Å²) in [5.41, 5.74) is 6.37. The molecule has 0 atom stereocenters. The quantitative estimate of drug-likeness (QED) is 0.304. The molecule has 0 aliphatic heterocycles. The van der Waals surface area contributed by atoms with Crippen molar-refractivity contribution in [3.05, 3.63) is 53.0 Å². The number of nitrogens with one attached hydrogen (secondary N) is 3. The molecule has 4 N–H and O–H groups in total. The summed E-state index contributed by atoms with van der Waals surface area (Å²) in [5, 5.41) is 10.3. The zero-order chi connectivity index (χ0) is 24.8. The number of benzene rings is 1. The number of carbonyl (C=O) groups is 2. The fourth-order valence-corrected chi connectivity index (χ4v) is 2.91. The van der Waals surface area contributed by atoms with Crippen LogP contribution in [0.25, 0.3) is 5.52 Å². The predicted molar refractivity (Wildman–Crippen MR) is 122 cm³/mol. The first-order chi connectivity index (χ1) is 15.5. The molecule has 12 nitrogen and oxygen atoms in total. The van der Waals surface area contributed by atoms with Crippen LogP contribution in [-0.4, -0.2) is 59.3 Å². The number of hydrogen-bond acceptors (Lipinski definition) is 8. The van der Waals surface area contributed by atoms with Crippen molar-refractivity contribution in [2.24, 2.45) is 0 Å². The molecule has 0 bridgehead atoms. The summed E-state index contributed by atoms with van der Waals surface area (Å²) in [7, 11) is -2.29. The molecular weight excluding hydrogens is 452 g/mol. The molecule has 2 amide bonds. The highest BCUT2D eigenvalue weighted by Crippen LogP contribution is 2.27. The Labute approximate surface area is 191 Å². The zero-order valence-corrected chi connectivity index (χ0v) is 19.6.